The predicted molar refractivity (Wildman–Crippen MR) is 110 cm³/mol. The average molecular weight is 405 g/mol. The van der Waals surface area contributed by atoms with E-state index in [1.807, 2.05) is 4.57 Å². The van der Waals surface area contributed by atoms with Crippen molar-refractivity contribution < 1.29 is 9.90 Å². The van der Waals surface area contributed by atoms with Crippen LogP contribution in [-0.4, -0.2) is 58.3 Å². The van der Waals surface area contributed by atoms with Crippen molar-refractivity contribution in [3.05, 3.63) is 33.1 Å². The number of fused-ring (bicyclic) bond motifs is 1. The van der Waals surface area contributed by atoms with Crippen LogP contribution in [0, 0.1) is 0 Å². The third-order valence-electron chi connectivity index (χ3n) is 5.61. The molecular weight excluding hydrogens is 380 g/mol. The van der Waals surface area contributed by atoms with Gasteiger partial charge in [0.2, 0.25) is 5.43 Å². The van der Waals surface area contributed by atoms with E-state index in [-0.39, 0.29) is 17.0 Å². The van der Waals surface area contributed by atoms with Crippen LogP contribution in [0.2, 0.25) is 5.02 Å². The number of pyridine rings is 2. The summed E-state index contributed by atoms with van der Waals surface area (Å²) in [7, 11) is 0. The van der Waals surface area contributed by atoms with Crippen LogP contribution in [0.4, 0.5) is 5.82 Å². The number of carbonyl (C=O) groups is 1. The van der Waals surface area contributed by atoms with Crippen LogP contribution < -0.4 is 10.3 Å². The predicted octanol–water partition coefficient (Wildman–Crippen LogP) is 3.01. The fraction of sp³-hybridized carbons (Fsp3) is 0.550. The molecule has 28 heavy (non-hydrogen) atoms. The SMILES string of the molecule is CCCCN1CCN(c2nc3c(cc2Cl)c(=O)c(C(=O)O)cn3C2CC2)CC1. The maximum absolute atomic E-state index is 12.6. The molecule has 1 saturated heterocycles. The molecular formula is C20H25ClN4O3. The number of halogens is 1. The highest BCUT2D eigenvalue weighted by Crippen LogP contribution is 2.38. The number of hydrogen-bond donors (Lipinski definition) is 1. The number of nitrogens with zero attached hydrogens (tertiary/aromatic N) is 4. The van der Waals surface area contributed by atoms with Crippen molar-refractivity contribution in [1.82, 2.24) is 14.5 Å². The van der Waals surface area contributed by atoms with E-state index in [2.05, 4.69) is 16.7 Å². The Kier molecular flexibility index (Phi) is 5.29. The fourth-order valence-electron chi connectivity index (χ4n) is 3.81. The number of anilines is 1. The highest BCUT2D eigenvalue weighted by Gasteiger charge is 2.29. The van der Waals surface area contributed by atoms with E-state index < -0.39 is 11.4 Å². The molecule has 1 aliphatic heterocycles. The van der Waals surface area contributed by atoms with E-state index in [0.717, 1.165) is 45.6 Å². The van der Waals surface area contributed by atoms with E-state index >= 15 is 0 Å². The molecule has 3 heterocycles. The Hall–Kier alpha value is -2.12. The number of carboxylic acids is 1. The second kappa shape index (κ2) is 7.72. The van der Waals surface area contributed by atoms with Crippen molar-refractivity contribution in [2.45, 2.75) is 38.6 Å². The molecule has 2 fully saturated rings. The summed E-state index contributed by atoms with van der Waals surface area (Å²) in [5, 5.41) is 10.1. The number of carboxylic acid groups (broad SMARTS) is 1. The molecule has 0 aromatic carbocycles. The van der Waals surface area contributed by atoms with Crippen LogP contribution in [-0.2, 0) is 0 Å². The number of rotatable bonds is 6. The van der Waals surface area contributed by atoms with Crippen LogP contribution >= 0.6 is 11.6 Å². The van der Waals surface area contributed by atoms with Crippen LogP contribution in [0.15, 0.2) is 17.1 Å². The first-order valence-electron chi connectivity index (χ1n) is 9.95. The van der Waals surface area contributed by atoms with Gasteiger partial charge in [-0.25, -0.2) is 9.78 Å². The molecule has 0 amide bonds. The van der Waals surface area contributed by atoms with Crippen molar-refractivity contribution >= 4 is 34.4 Å². The number of piperazine rings is 1. The Morgan fingerprint density at radius 2 is 2.00 bits per heavy atom. The Morgan fingerprint density at radius 1 is 1.29 bits per heavy atom. The summed E-state index contributed by atoms with van der Waals surface area (Å²) in [4.78, 5) is 33.5. The Balaban J connectivity index is 1.70. The van der Waals surface area contributed by atoms with Gasteiger partial charge < -0.3 is 14.6 Å². The van der Waals surface area contributed by atoms with Gasteiger partial charge in [0.25, 0.3) is 0 Å². The largest absolute Gasteiger partial charge is 0.477 e. The maximum atomic E-state index is 12.6. The molecule has 150 valence electrons. The zero-order valence-electron chi connectivity index (χ0n) is 16.0. The average Bonchev–Trinajstić information content (AvgIpc) is 3.52. The second-order valence-electron chi connectivity index (χ2n) is 7.66. The number of unbranched alkanes of at least 4 members (excludes halogenated alkanes) is 1. The summed E-state index contributed by atoms with van der Waals surface area (Å²) in [6, 6.07) is 1.80. The first-order valence-corrected chi connectivity index (χ1v) is 10.3. The second-order valence-corrected chi connectivity index (χ2v) is 8.07. The summed E-state index contributed by atoms with van der Waals surface area (Å²) >= 11 is 6.49. The molecule has 0 spiro atoms. The van der Waals surface area contributed by atoms with E-state index in [0.29, 0.717) is 16.5 Å². The lowest BCUT2D eigenvalue weighted by molar-refractivity contribution is 0.0695. The molecule has 0 unspecified atom stereocenters. The van der Waals surface area contributed by atoms with Gasteiger partial charge >= 0.3 is 5.97 Å². The van der Waals surface area contributed by atoms with Crippen LogP contribution in [0.5, 0.6) is 0 Å². The quantitative estimate of drug-likeness (QED) is 0.797. The van der Waals surface area contributed by atoms with Gasteiger partial charge in [0.1, 0.15) is 17.0 Å². The number of hydrogen-bond acceptors (Lipinski definition) is 5. The highest BCUT2D eigenvalue weighted by molar-refractivity contribution is 6.33. The standard InChI is InChI=1S/C20H25ClN4O3/c1-2-3-6-23-7-9-24(10-8-23)19-16(21)11-14-17(26)15(20(27)28)12-25(13-4-5-13)18(14)22-19/h11-13H,2-10H2,1H3,(H,27,28). The normalized spacial score (nSPS) is 18.0. The summed E-state index contributed by atoms with van der Waals surface area (Å²) in [6.45, 7) is 6.91. The van der Waals surface area contributed by atoms with Crippen LogP contribution in [0.1, 0.15) is 49.0 Å². The maximum Gasteiger partial charge on any atom is 0.341 e. The van der Waals surface area contributed by atoms with E-state index in [1.165, 1.54) is 19.0 Å². The third kappa shape index (κ3) is 3.61. The summed E-state index contributed by atoms with van der Waals surface area (Å²) < 4.78 is 1.84. The van der Waals surface area contributed by atoms with Gasteiger partial charge in [-0.3, -0.25) is 9.69 Å². The molecule has 0 atom stereocenters. The van der Waals surface area contributed by atoms with Gasteiger partial charge in [0.05, 0.1) is 10.4 Å². The van der Waals surface area contributed by atoms with Crippen molar-refractivity contribution in [1.29, 1.82) is 0 Å². The number of aromatic nitrogens is 2. The van der Waals surface area contributed by atoms with Gasteiger partial charge in [-0.15, -0.1) is 0 Å². The lowest BCUT2D eigenvalue weighted by atomic mass is 10.2. The summed E-state index contributed by atoms with van der Waals surface area (Å²) in [6.07, 6.45) is 5.77. The first kappa shape index (κ1) is 19.2. The molecule has 1 N–H and O–H groups in total. The van der Waals surface area contributed by atoms with E-state index in [1.54, 1.807) is 6.07 Å². The molecule has 0 radical (unpaired) electrons. The zero-order valence-corrected chi connectivity index (χ0v) is 16.8. The van der Waals surface area contributed by atoms with Crippen molar-refractivity contribution in [2.24, 2.45) is 0 Å². The van der Waals surface area contributed by atoms with Crippen molar-refractivity contribution in [2.75, 3.05) is 37.6 Å². The summed E-state index contributed by atoms with van der Waals surface area (Å²) in [5.41, 5.74) is -0.218. The van der Waals surface area contributed by atoms with Gasteiger partial charge in [-0.2, -0.15) is 0 Å². The van der Waals surface area contributed by atoms with Gasteiger partial charge in [0.15, 0.2) is 0 Å². The first-order chi connectivity index (χ1) is 13.5. The molecule has 4 rings (SSSR count). The molecule has 8 heteroatoms. The molecule has 7 nitrogen and oxygen atoms in total. The molecule has 0 bridgehead atoms. The minimum Gasteiger partial charge on any atom is -0.477 e. The van der Waals surface area contributed by atoms with Gasteiger partial charge in [-0.1, -0.05) is 24.9 Å². The topological polar surface area (TPSA) is 78.7 Å². The smallest absolute Gasteiger partial charge is 0.341 e. The van der Waals surface area contributed by atoms with E-state index in [4.69, 9.17) is 16.6 Å². The monoisotopic (exact) mass is 404 g/mol. The van der Waals surface area contributed by atoms with Crippen LogP contribution in [0.25, 0.3) is 11.0 Å². The zero-order chi connectivity index (χ0) is 19.8. The number of aromatic carboxylic acids is 1. The van der Waals surface area contributed by atoms with Gasteiger partial charge in [-0.05, 0) is 31.9 Å². The lowest BCUT2D eigenvalue weighted by Gasteiger charge is -2.35. The Bertz CT molecular complexity index is 962. The fourth-order valence-corrected chi connectivity index (χ4v) is 4.08. The minimum atomic E-state index is -1.22. The Labute approximate surface area is 168 Å². The van der Waals surface area contributed by atoms with Crippen LogP contribution in [0.3, 0.4) is 0 Å². The van der Waals surface area contributed by atoms with E-state index in [9.17, 15) is 14.7 Å². The Morgan fingerprint density at radius 3 is 2.61 bits per heavy atom. The van der Waals surface area contributed by atoms with Gasteiger partial charge in [0, 0.05) is 38.4 Å². The third-order valence-corrected chi connectivity index (χ3v) is 5.89. The lowest BCUT2D eigenvalue weighted by Crippen LogP contribution is -2.47. The van der Waals surface area contributed by atoms with Crippen molar-refractivity contribution in [3.63, 3.8) is 0 Å². The molecule has 1 saturated carbocycles. The molecule has 2 aromatic rings. The minimum absolute atomic E-state index is 0.202. The molecule has 1 aliphatic carbocycles. The molecule has 2 aliphatic rings. The molecule has 2 aromatic heterocycles. The highest BCUT2D eigenvalue weighted by atomic mass is 35.5. The van der Waals surface area contributed by atoms with Crippen molar-refractivity contribution in [3.8, 4) is 0 Å². The summed E-state index contributed by atoms with van der Waals surface area (Å²) in [5.74, 6) is -0.536.